The highest BCUT2D eigenvalue weighted by molar-refractivity contribution is 6.58. The van der Waals surface area contributed by atoms with Crippen molar-refractivity contribution < 1.29 is 9.59 Å². The van der Waals surface area contributed by atoms with Crippen LogP contribution >= 0.6 is 23.2 Å². The van der Waals surface area contributed by atoms with Gasteiger partial charge in [0.25, 0.3) is 11.8 Å². The average Bonchev–Trinajstić information content (AvgIpc) is 2.79. The van der Waals surface area contributed by atoms with Crippen LogP contribution in [0.3, 0.4) is 0 Å². The van der Waals surface area contributed by atoms with Crippen LogP contribution in [0.15, 0.2) is 10.1 Å². The highest BCUT2D eigenvalue weighted by Gasteiger charge is 2.40. The Labute approximate surface area is 163 Å². The van der Waals surface area contributed by atoms with E-state index in [9.17, 15) is 9.59 Å². The van der Waals surface area contributed by atoms with Crippen LogP contribution < -0.4 is 0 Å². The molecule has 0 aromatic carbocycles. The molecule has 1 unspecified atom stereocenters. The number of amides is 2. The third kappa shape index (κ3) is 7.30. The SMILES string of the molecule is CCCCCCCCC(CCCCCCC)N1C(=O)C(Cl)=C(Cl)C1=O. The van der Waals surface area contributed by atoms with Crippen molar-refractivity contribution in [1.29, 1.82) is 0 Å². The number of halogens is 2. The normalized spacial score (nSPS) is 16.2. The second-order valence-corrected chi connectivity index (χ2v) is 7.78. The molecule has 3 nitrogen and oxygen atoms in total. The van der Waals surface area contributed by atoms with Crippen LogP contribution in [0.2, 0.25) is 0 Å². The van der Waals surface area contributed by atoms with Gasteiger partial charge in [-0.3, -0.25) is 14.5 Å². The van der Waals surface area contributed by atoms with Crippen molar-refractivity contribution in [3.05, 3.63) is 10.1 Å². The zero-order chi connectivity index (χ0) is 18.7. The molecule has 0 bridgehead atoms. The second kappa shape index (κ2) is 12.8. The van der Waals surface area contributed by atoms with E-state index in [1.54, 1.807) is 0 Å². The van der Waals surface area contributed by atoms with Crippen molar-refractivity contribution in [2.45, 2.75) is 103 Å². The predicted molar refractivity (Wildman–Crippen MR) is 106 cm³/mol. The third-order valence-electron chi connectivity index (χ3n) is 4.90. The molecule has 2 amide bonds. The zero-order valence-electron chi connectivity index (χ0n) is 15.8. The van der Waals surface area contributed by atoms with Gasteiger partial charge in [-0.2, -0.15) is 0 Å². The topological polar surface area (TPSA) is 37.4 Å². The van der Waals surface area contributed by atoms with Crippen LogP contribution in [0.25, 0.3) is 0 Å². The van der Waals surface area contributed by atoms with Gasteiger partial charge in [-0.05, 0) is 12.8 Å². The molecular formula is C20H33Cl2NO2. The molecule has 5 heteroatoms. The molecule has 0 saturated carbocycles. The Morgan fingerprint density at radius 3 is 1.44 bits per heavy atom. The van der Waals surface area contributed by atoms with Gasteiger partial charge in [-0.25, -0.2) is 0 Å². The largest absolute Gasteiger partial charge is 0.274 e. The summed E-state index contributed by atoms with van der Waals surface area (Å²) in [4.78, 5) is 25.9. The molecule has 0 aromatic heterocycles. The van der Waals surface area contributed by atoms with E-state index in [1.165, 1.54) is 49.8 Å². The Hall–Kier alpha value is -0.540. The lowest BCUT2D eigenvalue weighted by atomic mass is 9.99. The van der Waals surface area contributed by atoms with Gasteiger partial charge in [0.1, 0.15) is 10.1 Å². The number of hydrogen-bond acceptors (Lipinski definition) is 2. The third-order valence-corrected chi connectivity index (χ3v) is 5.70. The maximum absolute atomic E-state index is 12.3. The van der Waals surface area contributed by atoms with Crippen LogP contribution in [0.1, 0.15) is 97.3 Å². The van der Waals surface area contributed by atoms with Crippen LogP contribution in [-0.4, -0.2) is 22.8 Å². The van der Waals surface area contributed by atoms with Crippen molar-refractivity contribution in [1.82, 2.24) is 4.90 Å². The van der Waals surface area contributed by atoms with Gasteiger partial charge < -0.3 is 0 Å². The van der Waals surface area contributed by atoms with E-state index in [4.69, 9.17) is 23.2 Å². The standard InChI is InChI=1S/C20H33Cl2NO2/c1-3-5-7-9-11-13-15-16(14-12-10-8-6-4-2)23-19(24)17(21)18(22)20(23)25/h16H,3-15H2,1-2H3. The van der Waals surface area contributed by atoms with Crippen LogP contribution in [0, 0.1) is 0 Å². The van der Waals surface area contributed by atoms with E-state index in [0.717, 1.165) is 38.5 Å². The van der Waals surface area contributed by atoms with Gasteiger partial charge in [-0.1, -0.05) is 108 Å². The summed E-state index contributed by atoms with van der Waals surface area (Å²) in [7, 11) is 0. The first-order valence-corrected chi connectivity index (χ1v) is 10.7. The fraction of sp³-hybridized carbons (Fsp3) is 0.800. The number of carbonyl (C=O) groups excluding carboxylic acids is 2. The first-order valence-electron chi connectivity index (χ1n) is 9.97. The summed E-state index contributed by atoms with van der Waals surface area (Å²) in [5.74, 6) is -0.831. The number of carbonyl (C=O) groups is 2. The van der Waals surface area contributed by atoms with Crippen molar-refractivity contribution in [2.75, 3.05) is 0 Å². The highest BCUT2D eigenvalue weighted by atomic mass is 35.5. The monoisotopic (exact) mass is 389 g/mol. The first kappa shape index (κ1) is 22.5. The molecule has 0 fully saturated rings. The maximum Gasteiger partial charge on any atom is 0.274 e. The van der Waals surface area contributed by atoms with Gasteiger partial charge in [-0.15, -0.1) is 0 Å². The molecule has 0 aromatic rings. The van der Waals surface area contributed by atoms with Crippen molar-refractivity contribution in [2.24, 2.45) is 0 Å². The summed E-state index contributed by atoms with van der Waals surface area (Å²) in [5.41, 5.74) is 0. The van der Waals surface area contributed by atoms with Gasteiger partial charge in [0, 0.05) is 6.04 Å². The predicted octanol–water partition coefficient (Wildman–Crippen LogP) is 6.52. The molecule has 1 heterocycles. The van der Waals surface area contributed by atoms with Crippen LogP contribution in [-0.2, 0) is 9.59 Å². The van der Waals surface area contributed by atoms with E-state index < -0.39 is 11.8 Å². The molecule has 25 heavy (non-hydrogen) atoms. The number of rotatable bonds is 14. The van der Waals surface area contributed by atoms with Gasteiger partial charge in [0.2, 0.25) is 0 Å². The molecule has 0 spiro atoms. The Morgan fingerprint density at radius 1 is 0.680 bits per heavy atom. The number of unbranched alkanes of at least 4 members (excludes halogenated alkanes) is 9. The molecule has 1 aliphatic rings. The lowest BCUT2D eigenvalue weighted by Gasteiger charge is -2.26. The van der Waals surface area contributed by atoms with Crippen molar-refractivity contribution >= 4 is 35.0 Å². The minimum Gasteiger partial charge on any atom is -0.270 e. The molecule has 0 radical (unpaired) electrons. The quantitative estimate of drug-likeness (QED) is 0.250. The fourth-order valence-corrected chi connectivity index (χ4v) is 3.71. The number of hydrogen-bond donors (Lipinski definition) is 0. The zero-order valence-corrected chi connectivity index (χ0v) is 17.3. The summed E-state index contributed by atoms with van der Waals surface area (Å²) < 4.78 is 0. The van der Waals surface area contributed by atoms with Crippen molar-refractivity contribution in [3.63, 3.8) is 0 Å². The van der Waals surface area contributed by atoms with E-state index >= 15 is 0 Å². The van der Waals surface area contributed by atoms with Crippen LogP contribution in [0.5, 0.6) is 0 Å². The van der Waals surface area contributed by atoms with E-state index in [2.05, 4.69) is 13.8 Å². The van der Waals surface area contributed by atoms with E-state index in [-0.39, 0.29) is 16.1 Å². The molecule has 0 saturated heterocycles. The molecular weight excluding hydrogens is 357 g/mol. The summed E-state index contributed by atoms with van der Waals surface area (Å²) in [5, 5.41) is -0.240. The second-order valence-electron chi connectivity index (χ2n) is 7.02. The molecule has 1 atom stereocenters. The first-order chi connectivity index (χ1) is 12.0. The summed E-state index contributed by atoms with van der Waals surface area (Å²) >= 11 is 11.8. The van der Waals surface area contributed by atoms with Crippen LogP contribution in [0.4, 0.5) is 0 Å². The minimum absolute atomic E-state index is 0.0715. The van der Waals surface area contributed by atoms with Gasteiger partial charge >= 0.3 is 0 Å². The number of imide groups is 1. The van der Waals surface area contributed by atoms with Gasteiger partial charge in [0.05, 0.1) is 0 Å². The molecule has 0 N–H and O–H groups in total. The maximum atomic E-state index is 12.3. The Bertz CT molecular complexity index is 439. The lowest BCUT2D eigenvalue weighted by Crippen LogP contribution is -2.40. The molecule has 1 rings (SSSR count). The summed E-state index contributed by atoms with van der Waals surface area (Å²) in [6.45, 7) is 4.40. The van der Waals surface area contributed by atoms with Crippen molar-refractivity contribution in [3.8, 4) is 0 Å². The van der Waals surface area contributed by atoms with E-state index in [1.807, 2.05) is 0 Å². The summed E-state index contributed by atoms with van der Waals surface area (Å²) in [6, 6.07) is -0.0715. The minimum atomic E-state index is -0.416. The fourth-order valence-electron chi connectivity index (χ4n) is 3.37. The Balaban J connectivity index is 2.53. The number of nitrogens with zero attached hydrogens (tertiary/aromatic N) is 1. The molecule has 1 aliphatic heterocycles. The Kier molecular flexibility index (Phi) is 11.5. The molecule has 144 valence electrons. The summed E-state index contributed by atoms with van der Waals surface area (Å²) in [6.07, 6.45) is 14.7. The highest BCUT2D eigenvalue weighted by Crippen LogP contribution is 2.31. The Morgan fingerprint density at radius 2 is 1.04 bits per heavy atom. The molecule has 0 aliphatic carbocycles. The van der Waals surface area contributed by atoms with E-state index in [0.29, 0.717) is 0 Å². The smallest absolute Gasteiger partial charge is 0.270 e. The average molecular weight is 390 g/mol. The lowest BCUT2D eigenvalue weighted by molar-refractivity contribution is -0.140. The van der Waals surface area contributed by atoms with Gasteiger partial charge in [0.15, 0.2) is 0 Å².